The molecule has 11 heteroatoms. The largest absolute Gasteiger partial charge is 0.287 e. The number of rotatable bonds is 5. The van der Waals surface area contributed by atoms with Crippen LogP contribution in [0.5, 0.6) is 0 Å². The summed E-state index contributed by atoms with van der Waals surface area (Å²) in [6, 6.07) is 16.9. The lowest BCUT2D eigenvalue weighted by Gasteiger charge is -2.16. The molecule has 0 radical (unpaired) electrons. The third kappa shape index (κ3) is 4.22. The zero-order chi connectivity index (χ0) is 25.6. The molecule has 1 aliphatic rings. The zero-order valence-corrected chi connectivity index (χ0v) is 21.1. The number of benzene rings is 2. The molecule has 0 spiro atoms. The standard InChI is InChI=1S/C26H21ClN6O3S/c27-18-6-7-22-21(16-18)23(8-11-28-22)33-24(9-12-29-33)26-25(34)10-15-32(30-26)19-4-3-5-20(17-19)37(35,36)31-13-1-2-14-31/h3-12,15-17H,1-2,13-14H2. The number of sulfonamides is 1. The smallest absolute Gasteiger partial charge is 0.243 e. The number of pyridine rings is 1. The molecule has 5 aromatic rings. The quantitative estimate of drug-likeness (QED) is 0.338. The summed E-state index contributed by atoms with van der Waals surface area (Å²) in [4.78, 5) is 17.5. The van der Waals surface area contributed by atoms with Crippen molar-refractivity contribution in [1.29, 1.82) is 0 Å². The zero-order valence-electron chi connectivity index (χ0n) is 19.5. The van der Waals surface area contributed by atoms with E-state index < -0.39 is 10.0 Å². The van der Waals surface area contributed by atoms with E-state index in [9.17, 15) is 13.2 Å². The number of nitrogens with zero attached hydrogens (tertiary/aromatic N) is 6. The molecule has 0 unspecified atom stereocenters. The molecule has 1 aliphatic heterocycles. The van der Waals surface area contributed by atoms with Gasteiger partial charge in [0.1, 0.15) is 0 Å². The van der Waals surface area contributed by atoms with Crippen molar-refractivity contribution in [3.05, 3.63) is 94.5 Å². The fourth-order valence-electron chi connectivity index (χ4n) is 4.56. The minimum Gasteiger partial charge on any atom is -0.287 e. The molecule has 0 saturated carbocycles. The van der Waals surface area contributed by atoms with Crippen LogP contribution in [-0.4, -0.2) is 50.4 Å². The van der Waals surface area contributed by atoms with Crippen LogP contribution >= 0.6 is 11.6 Å². The van der Waals surface area contributed by atoms with Gasteiger partial charge in [0.15, 0.2) is 5.69 Å². The van der Waals surface area contributed by atoms with Crippen LogP contribution in [0.3, 0.4) is 0 Å². The van der Waals surface area contributed by atoms with E-state index in [0.717, 1.165) is 23.7 Å². The first kappa shape index (κ1) is 23.5. The molecule has 0 atom stereocenters. The van der Waals surface area contributed by atoms with Crippen molar-refractivity contribution in [3.63, 3.8) is 0 Å². The van der Waals surface area contributed by atoms with E-state index >= 15 is 0 Å². The average molecular weight is 533 g/mol. The van der Waals surface area contributed by atoms with Gasteiger partial charge in [-0.25, -0.2) is 17.8 Å². The van der Waals surface area contributed by atoms with E-state index in [1.807, 2.05) is 6.07 Å². The minimum atomic E-state index is -3.60. The molecule has 1 fully saturated rings. The number of halogens is 1. The second-order valence-corrected chi connectivity index (χ2v) is 11.1. The average Bonchev–Trinajstić information content (AvgIpc) is 3.62. The Morgan fingerprint density at radius 2 is 1.76 bits per heavy atom. The minimum absolute atomic E-state index is 0.166. The highest BCUT2D eigenvalue weighted by molar-refractivity contribution is 7.89. The van der Waals surface area contributed by atoms with Gasteiger partial charge in [-0.1, -0.05) is 17.7 Å². The summed E-state index contributed by atoms with van der Waals surface area (Å²) < 4.78 is 30.8. The Kier molecular flexibility index (Phi) is 5.86. The van der Waals surface area contributed by atoms with Crippen LogP contribution in [0.15, 0.2) is 88.9 Å². The Hall–Kier alpha value is -3.86. The summed E-state index contributed by atoms with van der Waals surface area (Å²) >= 11 is 6.24. The van der Waals surface area contributed by atoms with Gasteiger partial charge in [-0.15, -0.1) is 0 Å². The van der Waals surface area contributed by atoms with Gasteiger partial charge in [0.2, 0.25) is 15.5 Å². The number of hydrogen-bond donors (Lipinski definition) is 0. The molecule has 37 heavy (non-hydrogen) atoms. The Labute approximate surface area is 217 Å². The maximum absolute atomic E-state index is 13.1. The van der Waals surface area contributed by atoms with Gasteiger partial charge in [-0.05, 0) is 61.4 Å². The SMILES string of the molecule is O=c1ccn(-c2cccc(S(=O)(=O)N3CCCC3)c2)nc1-c1ccnn1-c1ccnc2ccc(Cl)cc12. The summed E-state index contributed by atoms with van der Waals surface area (Å²) in [5, 5.41) is 10.4. The molecule has 0 N–H and O–H groups in total. The Morgan fingerprint density at radius 3 is 2.59 bits per heavy atom. The lowest BCUT2D eigenvalue weighted by atomic mass is 10.2. The predicted molar refractivity (Wildman–Crippen MR) is 141 cm³/mol. The fourth-order valence-corrected chi connectivity index (χ4v) is 6.29. The Balaban J connectivity index is 1.45. The van der Waals surface area contributed by atoms with E-state index in [4.69, 9.17) is 11.6 Å². The lowest BCUT2D eigenvalue weighted by Crippen LogP contribution is -2.28. The van der Waals surface area contributed by atoms with Gasteiger partial charge >= 0.3 is 0 Å². The van der Waals surface area contributed by atoms with Crippen molar-refractivity contribution in [2.24, 2.45) is 0 Å². The summed E-state index contributed by atoms with van der Waals surface area (Å²) in [5.41, 5.74) is 2.30. The van der Waals surface area contributed by atoms with Crippen molar-refractivity contribution in [2.75, 3.05) is 13.1 Å². The molecule has 3 aromatic heterocycles. The maximum atomic E-state index is 13.1. The molecule has 9 nitrogen and oxygen atoms in total. The van der Waals surface area contributed by atoms with Gasteiger partial charge < -0.3 is 0 Å². The van der Waals surface area contributed by atoms with Gasteiger partial charge in [-0.3, -0.25) is 9.78 Å². The molecule has 6 rings (SSSR count). The molecule has 0 bridgehead atoms. The molecule has 0 aliphatic carbocycles. The van der Waals surface area contributed by atoms with Crippen molar-refractivity contribution in [3.8, 4) is 22.8 Å². The summed E-state index contributed by atoms with van der Waals surface area (Å²) in [6.07, 6.45) is 6.50. The van der Waals surface area contributed by atoms with Gasteiger partial charge in [0.25, 0.3) is 0 Å². The van der Waals surface area contributed by atoms with E-state index in [1.165, 1.54) is 21.3 Å². The molecular formula is C26H21ClN6O3S. The molecular weight excluding hydrogens is 512 g/mol. The first-order valence-corrected chi connectivity index (χ1v) is 13.5. The summed E-state index contributed by atoms with van der Waals surface area (Å²) in [5.74, 6) is 0. The van der Waals surface area contributed by atoms with E-state index in [0.29, 0.717) is 35.2 Å². The van der Waals surface area contributed by atoms with Gasteiger partial charge in [-0.2, -0.15) is 14.5 Å². The Morgan fingerprint density at radius 1 is 0.919 bits per heavy atom. The number of fused-ring (bicyclic) bond motifs is 1. The topological polar surface area (TPSA) is 103 Å². The second-order valence-electron chi connectivity index (χ2n) is 8.70. The second kappa shape index (κ2) is 9.22. The summed E-state index contributed by atoms with van der Waals surface area (Å²) in [6.45, 7) is 1.04. The van der Waals surface area contributed by atoms with E-state index in [1.54, 1.807) is 65.6 Å². The first-order chi connectivity index (χ1) is 17.9. The molecule has 2 aromatic carbocycles. The first-order valence-electron chi connectivity index (χ1n) is 11.7. The van der Waals surface area contributed by atoms with Crippen molar-refractivity contribution >= 4 is 32.5 Å². The molecule has 1 saturated heterocycles. The van der Waals surface area contributed by atoms with Crippen LogP contribution in [-0.2, 0) is 10.0 Å². The van der Waals surface area contributed by atoms with Crippen LogP contribution in [0, 0.1) is 0 Å². The number of hydrogen-bond acceptors (Lipinski definition) is 6. The molecule has 0 amide bonds. The van der Waals surface area contributed by atoms with E-state index in [-0.39, 0.29) is 16.0 Å². The molecule has 186 valence electrons. The highest BCUT2D eigenvalue weighted by Gasteiger charge is 2.27. The van der Waals surface area contributed by atoms with Crippen molar-refractivity contribution in [1.82, 2.24) is 28.9 Å². The fraction of sp³-hybridized carbons (Fsp3) is 0.154. The third-order valence-electron chi connectivity index (χ3n) is 6.39. The highest BCUT2D eigenvalue weighted by atomic mass is 35.5. The van der Waals surface area contributed by atoms with Crippen LogP contribution in [0.4, 0.5) is 0 Å². The van der Waals surface area contributed by atoms with E-state index in [2.05, 4.69) is 15.2 Å². The highest BCUT2D eigenvalue weighted by Crippen LogP contribution is 2.27. The normalized spacial score (nSPS) is 14.4. The molecule has 4 heterocycles. The van der Waals surface area contributed by atoms with Gasteiger partial charge in [0.05, 0.1) is 33.7 Å². The Bertz CT molecular complexity index is 1810. The van der Waals surface area contributed by atoms with Crippen molar-refractivity contribution in [2.45, 2.75) is 17.7 Å². The van der Waals surface area contributed by atoms with Crippen molar-refractivity contribution < 1.29 is 8.42 Å². The van der Waals surface area contributed by atoms with Crippen LogP contribution < -0.4 is 5.43 Å². The maximum Gasteiger partial charge on any atom is 0.243 e. The van der Waals surface area contributed by atoms with Crippen LogP contribution in [0.2, 0.25) is 5.02 Å². The summed E-state index contributed by atoms with van der Waals surface area (Å²) in [7, 11) is -3.60. The van der Waals surface area contributed by atoms with Crippen LogP contribution in [0.25, 0.3) is 33.7 Å². The lowest BCUT2D eigenvalue weighted by molar-refractivity contribution is 0.477. The number of aromatic nitrogens is 5. The predicted octanol–water partition coefficient (Wildman–Crippen LogP) is 4.07. The van der Waals surface area contributed by atoms with Crippen LogP contribution in [0.1, 0.15) is 12.8 Å². The monoisotopic (exact) mass is 532 g/mol. The third-order valence-corrected chi connectivity index (χ3v) is 8.52. The van der Waals surface area contributed by atoms with Gasteiger partial charge in [0, 0.05) is 42.0 Å².